The summed E-state index contributed by atoms with van der Waals surface area (Å²) in [5.41, 5.74) is 2.56. The monoisotopic (exact) mass is 573 g/mol. The second-order valence-corrected chi connectivity index (χ2v) is 10.3. The van der Waals surface area contributed by atoms with Gasteiger partial charge in [-0.05, 0) is 56.2 Å². The number of Topliss-reactive ketones (excluding diaryl/α,β-unsaturated/α-hetero) is 2. The first-order valence-corrected chi connectivity index (χ1v) is 13.2. The molecule has 1 aliphatic heterocycles. The van der Waals surface area contributed by atoms with E-state index in [0.717, 1.165) is 11.1 Å². The van der Waals surface area contributed by atoms with Gasteiger partial charge in [-0.2, -0.15) is 0 Å². The third-order valence-electron chi connectivity index (χ3n) is 6.33. The van der Waals surface area contributed by atoms with Crippen LogP contribution in [0.3, 0.4) is 0 Å². The molecule has 12 heteroatoms. The van der Waals surface area contributed by atoms with Gasteiger partial charge >= 0.3 is 6.36 Å². The highest BCUT2D eigenvalue weighted by atomic mass is 32.1. The van der Waals surface area contributed by atoms with Crippen LogP contribution in [-0.2, 0) is 16.0 Å². The van der Waals surface area contributed by atoms with Crippen LogP contribution in [0.4, 0.5) is 18.9 Å². The van der Waals surface area contributed by atoms with Crippen molar-refractivity contribution < 1.29 is 37.0 Å². The molecule has 1 N–H and O–H groups in total. The molecule has 40 heavy (non-hydrogen) atoms. The number of ketones is 2. The standard InChI is InChI=1S/C28H26F3N3O5S/c1-5-19-23(17-8-11-21(22(13-17)38-4)39-28(29,30)31)34-20(25(36)24(19)35)12-16-6-9-18(10-7-16)33-27(37)26-14(2)32-15(3)40-26/h6-11,13,19-20H,5,12H2,1-4H3,(H,33,37). The quantitative estimate of drug-likeness (QED) is 0.357. The highest BCUT2D eigenvalue weighted by molar-refractivity contribution is 7.13. The van der Waals surface area contributed by atoms with E-state index in [1.165, 1.54) is 30.6 Å². The first-order valence-electron chi connectivity index (χ1n) is 12.3. The number of anilines is 1. The Bertz CT molecular complexity index is 1480. The summed E-state index contributed by atoms with van der Waals surface area (Å²) in [5.74, 6) is -3.06. The van der Waals surface area contributed by atoms with Crippen LogP contribution in [0.5, 0.6) is 11.5 Å². The summed E-state index contributed by atoms with van der Waals surface area (Å²) < 4.78 is 47.4. The van der Waals surface area contributed by atoms with E-state index in [1.54, 1.807) is 38.1 Å². The second kappa shape index (κ2) is 11.6. The van der Waals surface area contributed by atoms with Crippen LogP contribution in [-0.4, -0.2) is 47.7 Å². The molecule has 8 nitrogen and oxygen atoms in total. The molecule has 0 saturated carbocycles. The second-order valence-electron chi connectivity index (χ2n) is 9.14. The first kappa shape index (κ1) is 28.9. The zero-order chi connectivity index (χ0) is 29.2. The molecule has 2 atom stereocenters. The van der Waals surface area contributed by atoms with E-state index in [4.69, 9.17) is 4.74 Å². The number of alkyl halides is 3. The molecule has 4 rings (SSSR count). The average Bonchev–Trinajstić information content (AvgIpc) is 3.25. The summed E-state index contributed by atoms with van der Waals surface area (Å²) in [6, 6.07) is 9.59. The highest BCUT2D eigenvalue weighted by Gasteiger charge is 2.39. The van der Waals surface area contributed by atoms with E-state index in [1.807, 2.05) is 6.92 Å². The molecular weight excluding hydrogens is 547 g/mol. The van der Waals surface area contributed by atoms with Crippen molar-refractivity contribution in [2.45, 2.75) is 46.0 Å². The van der Waals surface area contributed by atoms with Crippen molar-refractivity contribution in [3.8, 4) is 11.5 Å². The van der Waals surface area contributed by atoms with E-state index >= 15 is 0 Å². The van der Waals surface area contributed by atoms with Crippen LogP contribution in [0.15, 0.2) is 47.5 Å². The molecule has 2 aromatic carbocycles. The van der Waals surface area contributed by atoms with Crippen molar-refractivity contribution >= 4 is 40.2 Å². The topological polar surface area (TPSA) is 107 Å². The zero-order valence-corrected chi connectivity index (χ0v) is 22.9. The molecule has 2 heterocycles. The summed E-state index contributed by atoms with van der Waals surface area (Å²) in [5, 5.41) is 3.61. The van der Waals surface area contributed by atoms with Crippen molar-refractivity contribution in [2.75, 3.05) is 12.4 Å². The van der Waals surface area contributed by atoms with Crippen LogP contribution in [0, 0.1) is 19.8 Å². The van der Waals surface area contributed by atoms with Gasteiger partial charge in [-0.1, -0.05) is 19.1 Å². The number of carbonyl (C=O) groups excluding carboxylic acids is 3. The minimum Gasteiger partial charge on any atom is -0.493 e. The number of ether oxygens (including phenoxy) is 2. The van der Waals surface area contributed by atoms with Gasteiger partial charge in [0.25, 0.3) is 5.91 Å². The molecule has 0 radical (unpaired) electrons. The van der Waals surface area contributed by atoms with Crippen LogP contribution >= 0.6 is 11.3 Å². The summed E-state index contributed by atoms with van der Waals surface area (Å²) in [6.45, 7) is 5.32. The van der Waals surface area contributed by atoms with Gasteiger partial charge < -0.3 is 14.8 Å². The van der Waals surface area contributed by atoms with Crippen LogP contribution in [0.25, 0.3) is 0 Å². The third-order valence-corrected chi connectivity index (χ3v) is 7.40. The average molecular weight is 574 g/mol. The van der Waals surface area contributed by atoms with Gasteiger partial charge in [0.2, 0.25) is 11.6 Å². The van der Waals surface area contributed by atoms with Gasteiger partial charge in [0.1, 0.15) is 10.9 Å². The maximum Gasteiger partial charge on any atom is 0.573 e. The molecule has 0 bridgehead atoms. The van der Waals surface area contributed by atoms with Crippen molar-refractivity contribution in [2.24, 2.45) is 10.9 Å². The van der Waals surface area contributed by atoms with E-state index < -0.39 is 35.6 Å². The molecule has 0 saturated heterocycles. The fraction of sp³-hybridized carbons (Fsp3) is 0.321. The Morgan fingerprint density at radius 2 is 1.75 bits per heavy atom. The summed E-state index contributed by atoms with van der Waals surface area (Å²) >= 11 is 1.30. The Labute approximate surface area is 232 Å². The van der Waals surface area contributed by atoms with Crippen molar-refractivity contribution in [1.29, 1.82) is 0 Å². The Morgan fingerprint density at radius 1 is 1.05 bits per heavy atom. The van der Waals surface area contributed by atoms with E-state index in [0.29, 0.717) is 33.1 Å². The van der Waals surface area contributed by atoms with Gasteiger partial charge in [-0.3, -0.25) is 19.4 Å². The number of nitrogens with one attached hydrogen (secondary N) is 1. The van der Waals surface area contributed by atoms with Crippen LogP contribution in [0.2, 0.25) is 0 Å². The number of aliphatic imine (C=N–C) groups is 1. The predicted octanol–water partition coefficient (Wildman–Crippen LogP) is 5.50. The lowest BCUT2D eigenvalue weighted by Crippen LogP contribution is -2.43. The summed E-state index contributed by atoms with van der Waals surface area (Å²) in [6.07, 6.45) is -4.50. The number of aromatic nitrogens is 1. The van der Waals surface area contributed by atoms with Gasteiger partial charge in [0.15, 0.2) is 11.5 Å². The van der Waals surface area contributed by atoms with Crippen LogP contribution < -0.4 is 14.8 Å². The number of thiazole rings is 1. The van der Waals surface area contributed by atoms with Crippen molar-refractivity contribution in [3.63, 3.8) is 0 Å². The number of aryl methyl sites for hydroxylation is 2. The van der Waals surface area contributed by atoms with E-state index in [2.05, 4.69) is 20.0 Å². The number of hydrogen-bond acceptors (Lipinski definition) is 8. The third kappa shape index (κ3) is 6.39. The molecule has 3 aromatic rings. The van der Waals surface area contributed by atoms with Crippen molar-refractivity contribution in [1.82, 2.24) is 4.98 Å². The number of methoxy groups -OCH3 is 1. The molecule has 1 amide bonds. The number of rotatable bonds is 8. The Morgan fingerprint density at radius 3 is 2.33 bits per heavy atom. The fourth-order valence-corrected chi connectivity index (χ4v) is 5.30. The van der Waals surface area contributed by atoms with Gasteiger partial charge in [-0.25, -0.2) is 4.98 Å². The normalized spacial score (nSPS) is 17.4. The van der Waals surface area contributed by atoms with E-state index in [9.17, 15) is 27.6 Å². The number of hydrogen-bond donors (Lipinski definition) is 1. The number of carbonyl (C=O) groups is 3. The largest absolute Gasteiger partial charge is 0.573 e. The first-order chi connectivity index (χ1) is 18.9. The molecule has 1 aromatic heterocycles. The lowest BCUT2D eigenvalue weighted by molar-refractivity contribution is -0.275. The van der Waals surface area contributed by atoms with Crippen LogP contribution in [0.1, 0.15) is 44.8 Å². The summed E-state index contributed by atoms with van der Waals surface area (Å²) in [7, 11) is 1.20. The maximum atomic E-state index is 13.0. The minimum absolute atomic E-state index is 0.123. The molecule has 2 unspecified atom stereocenters. The van der Waals surface area contributed by atoms with Gasteiger partial charge in [-0.15, -0.1) is 24.5 Å². The Hall–Kier alpha value is -4.06. The number of nitrogens with zero attached hydrogens (tertiary/aromatic N) is 2. The minimum atomic E-state index is -4.91. The molecular formula is C28H26F3N3O5S. The smallest absolute Gasteiger partial charge is 0.493 e. The fourth-order valence-electron chi connectivity index (χ4n) is 4.48. The Kier molecular flexibility index (Phi) is 8.38. The summed E-state index contributed by atoms with van der Waals surface area (Å²) in [4.78, 5) is 47.9. The Balaban J connectivity index is 1.57. The van der Waals surface area contributed by atoms with Crippen molar-refractivity contribution in [3.05, 3.63) is 69.2 Å². The molecule has 0 aliphatic carbocycles. The highest BCUT2D eigenvalue weighted by Crippen LogP contribution is 2.35. The molecule has 0 fully saturated rings. The number of benzene rings is 2. The molecule has 210 valence electrons. The molecule has 0 spiro atoms. The lowest BCUT2D eigenvalue weighted by atomic mass is 9.82. The van der Waals surface area contributed by atoms with E-state index in [-0.39, 0.29) is 24.5 Å². The lowest BCUT2D eigenvalue weighted by Gasteiger charge is -2.26. The van der Waals surface area contributed by atoms with Gasteiger partial charge in [0.05, 0.1) is 29.4 Å². The number of halogens is 3. The zero-order valence-electron chi connectivity index (χ0n) is 22.1. The predicted molar refractivity (Wildman–Crippen MR) is 143 cm³/mol. The molecule has 1 aliphatic rings. The SMILES string of the molecule is CCC1C(=O)C(=O)C(Cc2ccc(NC(=O)c3sc(C)nc3C)cc2)N=C1c1ccc(OC(F)(F)F)c(OC)c1. The van der Waals surface area contributed by atoms with Gasteiger partial charge in [0, 0.05) is 17.7 Å². The number of amides is 1. The maximum absolute atomic E-state index is 13.0.